The monoisotopic (exact) mass is 400 g/mol. The fourth-order valence-corrected chi connectivity index (χ4v) is 4.24. The lowest BCUT2D eigenvalue weighted by atomic mass is 10.2. The number of sulfonamides is 1. The Hall–Kier alpha value is -3.03. The van der Waals surface area contributed by atoms with Crippen LogP contribution in [0.25, 0.3) is 0 Å². The van der Waals surface area contributed by atoms with Crippen molar-refractivity contribution in [2.45, 2.75) is 4.90 Å². The molecule has 0 N–H and O–H groups in total. The van der Waals surface area contributed by atoms with Gasteiger partial charge in [0.1, 0.15) is 0 Å². The summed E-state index contributed by atoms with van der Waals surface area (Å²) in [6.45, 7) is 0.922. The van der Waals surface area contributed by atoms with Crippen LogP contribution in [0.2, 0.25) is 0 Å². The first-order chi connectivity index (χ1) is 13.3. The van der Waals surface area contributed by atoms with E-state index in [0.717, 1.165) is 0 Å². The van der Waals surface area contributed by atoms with Gasteiger partial charge in [-0.1, -0.05) is 0 Å². The summed E-state index contributed by atoms with van der Waals surface area (Å²) in [6, 6.07) is 11.1. The van der Waals surface area contributed by atoms with Crippen LogP contribution in [0, 0.1) is 11.3 Å². The van der Waals surface area contributed by atoms with E-state index >= 15 is 0 Å². The highest BCUT2D eigenvalue weighted by Gasteiger charge is 2.30. The van der Waals surface area contributed by atoms with E-state index in [1.54, 1.807) is 21.9 Å². The number of benzene rings is 1. The standard InChI is InChI=1S/C18H20N6O3S/c1-22(2)17-8-7-16(20-21-17)18(25)23-9-11-24(12-10-23)28(26,27)15-5-3-14(13-19)4-6-15/h3-8H,9-12H2,1-2H3. The molecule has 0 atom stereocenters. The molecule has 0 bridgehead atoms. The zero-order valence-electron chi connectivity index (χ0n) is 15.6. The number of aromatic nitrogens is 2. The van der Waals surface area contributed by atoms with Gasteiger partial charge in [0.2, 0.25) is 10.0 Å². The van der Waals surface area contributed by atoms with Crippen molar-refractivity contribution in [2.24, 2.45) is 0 Å². The van der Waals surface area contributed by atoms with Gasteiger partial charge in [-0.05, 0) is 36.4 Å². The molecule has 0 unspecified atom stereocenters. The fraction of sp³-hybridized carbons (Fsp3) is 0.333. The van der Waals surface area contributed by atoms with E-state index < -0.39 is 10.0 Å². The number of carbonyl (C=O) groups is 1. The molecule has 3 rings (SSSR count). The molecular formula is C18H20N6O3S. The number of nitriles is 1. The van der Waals surface area contributed by atoms with E-state index in [4.69, 9.17) is 5.26 Å². The average Bonchev–Trinajstić information content (AvgIpc) is 2.73. The Bertz CT molecular complexity index is 989. The minimum absolute atomic E-state index is 0.136. The van der Waals surface area contributed by atoms with Crippen LogP contribution < -0.4 is 4.90 Å². The molecule has 1 fully saturated rings. The van der Waals surface area contributed by atoms with Gasteiger partial charge in [-0.3, -0.25) is 4.79 Å². The van der Waals surface area contributed by atoms with Gasteiger partial charge in [0.15, 0.2) is 11.5 Å². The minimum atomic E-state index is -3.66. The van der Waals surface area contributed by atoms with Crippen molar-refractivity contribution in [3.63, 3.8) is 0 Å². The fourth-order valence-electron chi connectivity index (χ4n) is 2.82. The first kappa shape index (κ1) is 19.7. The van der Waals surface area contributed by atoms with E-state index in [1.807, 2.05) is 20.2 Å². The van der Waals surface area contributed by atoms with Crippen LogP contribution >= 0.6 is 0 Å². The summed E-state index contributed by atoms with van der Waals surface area (Å²) in [5.74, 6) is 0.378. The third kappa shape index (κ3) is 3.95. The molecule has 1 aromatic heterocycles. The maximum atomic E-state index is 12.7. The second-order valence-electron chi connectivity index (χ2n) is 6.50. The Labute approximate surface area is 163 Å². The molecule has 0 radical (unpaired) electrons. The highest BCUT2D eigenvalue weighted by atomic mass is 32.2. The van der Waals surface area contributed by atoms with E-state index in [2.05, 4.69) is 10.2 Å². The van der Waals surface area contributed by atoms with Gasteiger partial charge < -0.3 is 9.80 Å². The lowest BCUT2D eigenvalue weighted by molar-refractivity contribution is 0.0691. The van der Waals surface area contributed by atoms with E-state index in [0.29, 0.717) is 11.4 Å². The topological polar surface area (TPSA) is 110 Å². The minimum Gasteiger partial charge on any atom is -0.361 e. The van der Waals surface area contributed by atoms with Crippen LogP contribution in [0.5, 0.6) is 0 Å². The zero-order chi connectivity index (χ0) is 20.3. The Morgan fingerprint density at radius 1 is 1.04 bits per heavy atom. The van der Waals surface area contributed by atoms with Crippen LogP contribution in [0.15, 0.2) is 41.3 Å². The van der Waals surface area contributed by atoms with Crippen LogP contribution in [-0.4, -0.2) is 74.0 Å². The Balaban J connectivity index is 1.66. The van der Waals surface area contributed by atoms with Crippen LogP contribution in [-0.2, 0) is 10.0 Å². The third-order valence-corrected chi connectivity index (χ3v) is 6.39. The molecule has 9 nitrogen and oxygen atoms in total. The van der Waals surface area contributed by atoms with Gasteiger partial charge in [0.05, 0.1) is 16.5 Å². The first-order valence-electron chi connectivity index (χ1n) is 8.63. The summed E-state index contributed by atoms with van der Waals surface area (Å²) >= 11 is 0. The SMILES string of the molecule is CN(C)c1ccc(C(=O)N2CCN(S(=O)(=O)c3ccc(C#N)cc3)CC2)nn1. The number of hydrogen-bond acceptors (Lipinski definition) is 7. The van der Waals surface area contributed by atoms with Crippen molar-refractivity contribution in [2.75, 3.05) is 45.2 Å². The number of hydrogen-bond donors (Lipinski definition) is 0. The summed E-state index contributed by atoms with van der Waals surface area (Å²) in [6.07, 6.45) is 0. The van der Waals surface area contributed by atoms with Crippen molar-refractivity contribution in [1.29, 1.82) is 5.26 Å². The number of carbonyl (C=O) groups excluding carboxylic acids is 1. The largest absolute Gasteiger partial charge is 0.361 e. The van der Waals surface area contributed by atoms with E-state index in [-0.39, 0.29) is 42.7 Å². The molecule has 1 aromatic carbocycles. The Morgan fingerprint density at radius 3 is 2.18 bits per heavy atom. The molecule has 0 aliphatic carbocycles. The van der Waals surface area contributed by atoms with Crippen molar-refractivity contribution in [1.82, 2.24) is 19.4 Å². The second-order valence-corrected chi connectivity index (χ2v) is 8.44. The number of anilines is 1. The van der Waals surface area contributed by atoms with Crippen LogP contribution in [0.4, 0.5) is 5.82 Å². The highest BCUT2D eigenvalue weighted by molar-refractivity contribution is 7.89. The van der Waals surface area contributed by atoms with Crippen LogP contribution in [0.3, 0.4) is 0 Å². The highest BCUT2D eigenvalue weighted by Crippen LogP contribution is 2.19. The molecule has 0 saturated carbocycles. The van der Waals surface area contributed by atoms with Crippen molar-refractivity contribution >= 4 is 21.7 Å². The lowest BCUT2D eigenvalue weighted by Crippen LogP contribution is -2.50. The average molecular weight is 400 g/mol. The number of nitrogens with zero attached hydrogens (tertiary/aromatic N) is 6. The summed E-state index contributed by atoms with van der Waals surface area (Å²) in [7, 11) is 0.00128. The van der Waals surface area contributed by atoms with Gasteiger partial charge in [-0.25, -0.2) is 8.42 Å². The maximum absolute atomic E-state index is 12.7. The van der Waals surface area contributed by atoms with Crippen molar-refractivity contribution in [3.8, 4) is 6.07 Å². The summed E-state index contributed by atoms with van der Waals surface area (Å²) in [5.41, 5.74) is 0.629. The van der Waals surface area contributed by atoms with Crippen molar-refractivity contribution in [3.05, 3.63) is 47.7 Å². The molecule has 1 saturated heterocycles. The smallest absolute Gasteiger partial charge is 0.274 e. The second kappa shape index (κ2) is 7.92. The Morgan fingerprint density at radius 2 is 1.68 bits per heavy atom. The Kier molecular flexibility index (Phi) is 5.58. The summed E-state index contributed by atoms with van der Waals surface area (Å²) in [5, 5.41) is 16.8. The summed E-state index contributed by atoms with van der Waals surface area (Å²) in [4.78, 5) is 16.1. The number of amides is 1. The number of rotatable bonds is 4. The van der Waals surface area contributed by atoms with Crippen LogP contribution in [0.1, 0.15) is 16.1 Å². The van der Waals surface area contributed by atoms with E-state index in [9.17, 15) is 13.2 Å². The predicted molar refractivity (Wildman–Crippen MR) is 102 cm³/mol. The van der Waals surface area contributed by atoms with Gasteiger partial charge in [-0.2, -0.15) is 9.57 Å². The van der Waals surface area contributed by atoms with Gasteiger partial charge in [0, 0.05) is 40.3 Å². The van der Waals surface area contributed by atoms with Gasteiger partial charge in [0.25, 0.3) is 5.91 Å². The maximum Gasteiger partial charge on any atom is 0.274 e. The van der Waals surface area contributed by atoms with Crippen molar-refractivity contribution < 1.29 is 13.2 Å². The molecule has 146 valence electrons. The summed E-state index contributed by atoms with van der Waals surface area (Å²) < 4.78 is 26.8. The molecule has 28 heavy (non-hydrogen) atoms. The molecule has 2 heterocycles. The lowest BCUT2D eigenvalue weighted by Gasteiger charge is -2.33. The predicted octanol–water partition coefficient (Wildman–Crippen LogP) is 0.561. The molecule has 10 heteroatoms. The molecule has 1 aliphatic rings. The quantitative estimate of drug-likeness (QED) is 0.737. The first-order valence-corrected chi connectivity index (χ1v) is 10.1. The molecule has 2 aromatic rings. The number of piperazine rings is 1. The molecule has 1 aliphatic heterocycles. The van der Waals surface area contributed by atoms with Gasteiger partial charge >= 0.3 is 0 Å². The molecule has 1 amide bonds. The van der Waals surface area contributed by atoms with E-state index in [1.165, 1.54) is 28.6 Å². The van der Waals surface area contributed by atoms with Gasteiger partial charge in [-0.15, -0.1) is 10.2 Å². The normalized spacial score (nSPS) is 15.1. The zero-order valence-corrected chi connectivity index (χ0v) is 16.4. The molecular weight excluding hydrogens is 380 g/mol. The third-order valence-electron chi connectivity index (χ3n) is 4.47. The molecule has 0 spiro atoms.